The molecule has 31 heavy (non-hydrogen) atoms. The second-order valence-corrected chi connectivity index (χ2v) is 8.50. The maximum atomic E-state index is 13.9. The standard InChI is InChI=1S/C21H23F4N5O/c1-29(2)20(14-4-3-5-15(22)10-14)8-6-19(7-9-20)13-30(18(31)28-19)16-11-26-17(27-12-16)21(23,24)25/h3-5,10-12H,6-9,13H2,1-2H3,(H,28,31)/t19-,20+. The lowest BCUT2D eigenvalue weighted by atomic mass is 9.69. The molecule has 1 aliphatic carbocycles. The van der Waals surface area contributed by atoms with Crippen molar-refractivity contribution in [3.63, 3.8) is 0 Å². The molecule has 2 amide bonds. The molecule has 0 atom stereocenters. The van der Waals surface area contributed by atoms with Gasteiger partial charge < -0.3 is 5.32 Å². The first-order valence-electron chi connectivity index (χ1n) is 9.97. The summed E-state index contributed by atoms with van der Waals surface area (Å²) >= 11 is 0. The molecular formula is C21H23F4N5O. The van der Waals surface area contributed by atoms with E-state index in [1.54, 1.807) is 12.1 Å². The fourth-order valence-corrected chi connectivity index (χ4v) is 4.72. The number of urea groups is 1. The minimum Gasteiger partial charge on any atom is -0.330 e. The van der Waals surface area contributed by atoms with Crippen molar-refractivity contribution in [3.05, 3.63) is 53.9 Å². The van der Waals surface area contributed by atoms with E-state index in [1.807, 2.05) is 20.2 Å². The molecule has 2 aliphatic rings. The Morgan fingerprint density at radius 1 is 1.10 bits per heavy atom. The van der Waals surface area contributed by atoms with Gasteiger partial charge in [-0.25, -0.2) is 19.2 Å². The smallest absolute Gasteiger partial charge is 0.330 e. The molecule has 166 valence electrons. The van der Waals surface area contributed by atoms with E-state index in [0.29, 0.717) is 32.2 Å². The number of rotatable bonds is 3. The molecule has 2 fully saturated rings. The highest BCUT2D eigenvalue weighted by Crippen LogP contribution is 2.46. The summed E-state index contributed by atoms with van der Waals surface area (Å²) in [7, 11) is 3.92. The van der Waals surface area contributed by atoms with Gasteiger partial charge in [-0.2, -0.15) is 13.2 Å². The van der Waals surface area contributed by atoms with E-state index >= 15 is 0 Å². The quantitative estimate of drug-likeness (QED) is 0.740. The predicted octanol–water partition coefficient (Wildman–Crippen LogP) is 3.93. The minimum absolute atomic E-state index is 0.219. The molecule has 10 heteroatoms. The first kappa shape index (κ1) is 21.5. The Balaban J connectivity index is 1.53. The van der Waals surface area contributed by atoms with Crippen molar-refractivity contribution in [3.8, 4) is 0 Å². The number of alkyl halides is 3. The number of nitrogens with zero attached hydrogens (tertiary/aromatic N) is 4. The minimum atomic E-state index is -4.64. The molecule has 0 bridgehead atoms. The SMILES string of the molecule is CN(C)[C@]1(c2cccc(F)c2)CC[C@]2(CC1)CN(c1cnc(C(F)(F)F)nc1)C(=O)N2. The van der Waals surface area contributed by atoms with Crippen LogP contribution in [-0.2, 0) is 11.7 Å². The van der Waals surface area contributed by atoms with E-state index in [9.17, 15) is 22.4 Å². The van der Waals surface area contributed by atoms with Crippen molar-refractivity contribution >= 4 is 11.7 Å². The zero-order valence-corrected chi connectivity index (χ0v) is 17.2. The zero-order chi connectivity index (χ0) is 22.4. The number of carbonyl (C=O) groups excluding carboxylic acids is 1. The molecule has 1 saturated carbocycles. The number of benzene rings is 1. The number of carbonyl (C=O) groups is 1. The monoisotopic (exact) mass is 437 g/mol. The molecule has 6 nitrogen and oxygen atoms in total. The number of hydrogen-bond donors (Lipinski definition) is 1. The number of anilines is 1. The van der Waals surface area contributed by atoms with Crippen LogP contribution in [0.3, 0.4) is 0 Å². The zero-order valence-electron chi connectivity index (χ0n) is 17.2. The van der Waals surface area contributed by atoms with Crippen LogP contribution in [0.2, 0.25) is 0 Å². The molecule has 1 N–H and O–H groups in total. The van der Waals surface area contributed by atoms with Crippen molar-refractivity contribution in [2.75, 3.05) is 25.5 Å². The van der Waals surface area contributed by atoms with Crippen LogP contribution in [0.15, 0.2) is 36.7 Å². The van der Waals surface area contributed by atoms with Gasteiger partial charge in [0.1, 0.15) is 5.82 Å². The summed E-state index contributed by atoms with van der Waals surface area (Å²) in [4.78, 5) is 22.8. The Kier molecular flexibility index (Phi) is 5.15. The second-order valence-electron chi connectivity index (χ2n) is 8.50. The van der Waals surface area contributed by atoms with Gasteiger partial charge in [-0.1, -0.05) is 12.1 Å². The van der Waals surface area contributed by atoms with Gasteiger partial charge >= 0.3 is 12.2 Å². The normalized spacial score (nSPS) is 26.5. The van der Waals surface area contributed by atoms with Crippen LogP contribution in [0.5, 0.6) is 0 Å². The largest absolute Gasteiger partial charge is 0.451 e. The summed E-state index contributed by atoms with van der Waals surface area (Å²) in [6.07, 6.45) is 0.0874. The van der Waals surface area contributed by atoms with Crippen molar-refractivity contribution in [1.29, 1.82) is 0 Å². The maximum Gasteiger partial charge on any atom is 0.451 e. The van der Waals surface area contributed by atoms with Gasteiger partial charge in [0.05, 0.1) is 30.2 Å². The number of hydrogen-bond acceptors (Lipinski definition) is 4. The van der Waals surface area contributed by atoms with Crippen LogP contribution in [0.25, 0.3) is 0 Å². The van der Waals surface area contributed by atoms with Crippen LogP contribution in [0, 0.1) is 5.82 Å². The van der Waals surface area contributed by atoms with Gasteiger partial charge in [0.25, 0.3) is 0 Å². The molecule has 2 heterocycles. The van der Waals surface area contributed by atoms with Crippen LogP contribution in [0.4, 0.5) is 28.0 Å². The lowest BCUT2D eigenvalue weighted by Crippen LogP contribution is -2.54. The Morgan fingerprint density at radius 3 is 2.29 bits per heavy atom. The topological polar surface area (TPSA) is 61.4 Å². The van der Waals surface area contributed by atoms with Crippen molar-refractivity contribution in [1.82, 2.24) is 20.2 Å². The lowest BCUT2D eigenvalue weighted by Gasteiger charge is -2.48. The summed E-state index contributed by atoms with van der Waals surface area (Å²) < 4.78 is 52.0. The Morgan fingerprint density at radius 2 is 1.74 bits per heavy atom. The number of halogens is 4. The molecule has 4 rings (SSSR count). The van der Waals surface area contributed by atoms with E-state index in [-0.39, 0.29) is 23.1 Å². The molecule has 0 unspecified atom stereocenters. The molecule has 0 radical (unpaired) electrons. The fraction of sp³-hybridized carbons (Fsp3) is 0.476. The molecule has 2 aromatic rings. The molecule has 1 aromatic heterocycles. The van der Waals surface area contributed by atoms with E-state index in [2.05, 4.69) is 20.2 Å². The van der Waals surface area contributed by atoms with E-state index in [0.717, 1.165) is 18.0 Å². The molecule has 1 aliphatic heterocycles. The highest BCUT2D eigenvalue weighted by molar-refractivity contribution is 5.95. The average Bonchev–Trinajstić information content (AvgIpc) is 3.04. The molecule has 1 saturated heterocycles. The summed E-state index contributed by atoms with van der Waals surface area (Å²) in [6, 6.07) is 6.20. The Bertz CT molecular complexity index is 968. The number of aromatic nitrogens is 2. The third kappa shape index (κ3) is 3.84. The summed E-state index contributed by atoms with van der Waals surface area (Å²) in [5, 5.41) is 3.02. The van der Waals surface area contributed by atoms with Crippen LogP contribution >= 0.6 is 0 Å². The van der Waals surface area contributed by atoms with E-state index in [4.69, 9.17) is 0 Å². The fourth-order valence-electron chi connectivity index (χ4n) is 4.72. The second kappa shape index (κ2) is 7.44. The van der Waals surface area contributed by atoms with Crippen molar-refractivity contribution < 1.29 is 22.4 Å². The Labute approximate surface area is 177 Å². The lowest BCUT2D eigenvalue weighted by molar-refractivity contribution is -0.144. The van der Waals surface area contributed by atoms with E-state index < -0.39 is 17.5 Å². The van der Waals surface area contributed by atoms with Crippen LogP contribution < -0.4 is 10.2 Å². The molecule has 1 spiro atoms. The molecule has 1 aromatic carbocycles. The summed E-state index contributed by atoms with van der Waals surface area (Å²) in [5.74, 6) is -1.53. The Hall–Kier alpha value is -2.75. The highest BCUT2D eigenvalue weighted by atomic mass is 19.4. The van der Waals surface area contributed by atoms with Gasteiger partial charge in [-0.05, 0) is 57.5 Å². The first-order chi connectivity index (χ1) is 14.5. The third-order valence-corrected chi connectivity index (χ3v) is 6.53. The van der Waals surface area contributed by atoms with Gasteiger partial charge in [0.2, 0.25) is 5.82 Å². The summed E-state index contributed by atoms with van der Waals surface area (Å²) in [6.45, 7) is 0.313. The van der Waals surface area contributed by atoms with Gasteiger partial charge in [0, 0.05) is 5.54 Å². The van der Waals surface area contributed by atoms with Gasteiger partial charge in [-0.15, -0.1) is 0 Å². The van der Waals surface area contributed by atoms with Gasteiger partial charge in [-0.3, -0.25) is 9.80 Å². The molecular weight excluding hydrogens is 414 g/mol. The number of amides is 2. The summed E-state index contributed by atoms with van der Waals surface area (Å²) in [5.41, 5.74) is 0.247. The number of nitrogens with one attached hydrogen (secondary N) is 1. The van der Waals surface area contributed by atoms with Crippen LogP contribution in [-0.4, -0.2) is 47.1 Å². The third-order valence-electron chi connectivity index (χ3n) is 6.53. The highest BCUT2D eigenvalue weighted by Gasteiger charge is 2.50. The predicted molar refractivity (Wildman–Crippen MR) is 106 cm³/mol. The average molecular weight is 437 g/mol. The van der Waals surface area contributed by atoms with Gasteiger partial charge in [0.15, 0.2) is 0 Å². The van der Waals surface area contributed by atoms with Crippen molar-refractivity contribution in [2.45, 2.75) is 42.9 Å². The first-order valence-corrected chi connectivity index (χ1v) is 9.97. The van der Waals surface area contributed by atoms with Crippen LogP contribution in [0.1, 0.15) is 37.1 Å². The van der Waals surface area contributed by atoms with Crippen molar-refractivity contribution in [2.24, 2.45) is 0 Å². The van der Waals surface area contributed by atoms with E-state index in [1.165, 1.54) is 11.0 Å². The maximum absolute atomic E-state index is 13.9.